The van der Waals surface area contributed by atoms with E-state index in [2.05, 4.69) is 30.5 Å². The Hall–Kier alpha value is -3.35. The van der Waals surface area contributed by atoms with Gasteiger partial charge >= 0.3 is 0 Å². The Kier molecular flexibility index (Phi) is 3.61. The lowest BCUT2D eigenvalue weighted by Gasteiger charge is -2.10. The van der Waals surface area contributed by atoms with Crippen molar-refractivity contribution in [3.63, 3.8) is 0 Å². The van der Waals surface area contributed by atoms with Gasteiger partial charge in [0.25, 0.3) is 0 Å². The number of aryl methyl sites for hydroxylation is 2. The molecule has 4 rings (SSSR count). The van der Waals surface area contributed by atoms with Gasteiger partial charge in [-0.3, -0.25) is 5.10 Å². The summed E-state index contributed by atoms with van der Waals surface area (Å²) in [6, 6.07) is 6.78. The summed E-state index contributed by atoms with van der Waals surface area (Å²) < 4.78 is 13.5. The van der Waals surface area contributed by atoms with Crippen LogP contribution in [0, 0.1) is 19.7 Å². The number of anilines is 2. The van der Waals surface area contributed by atoms with Gasteiger partial charge < -0.3 is 5.32 Å². The average molecular weight is 334 g/mol. The van der Waals surface area contributed by atoms with Gasteiger partial charge in [0, 0.05) is 22.7 Å². The molecule has 7 heteroatoms. The molecule has 0 spiro atoms. The number of aromatic nitrogens is 5. The largest absolute Gasteiger partial charge is 0.339 e. The van der Waals surface area contributed by atoms with Gasteiger partial charge in [-0.1, -0.05) is 0 Å². The second-order valence-electron chi connectivity index (χ2n) is 5.85. The van der Waals surface area contributed by atoms with E-state index in [4.69, 9.17) is 0 Å². The van der Waals surface area contributed by atoms with Gasteiger partial charge in [0.05, 0.1) is 18.1 Å². The van der Waals surface area contributed by atoms with Crippen molar-refractivity contribution >= 4 is 22.5 Å². The number of hydrogen-bond acceptors (Lipinski definition) is 5. The van der Waals surface area contributed by atoms with Crippen LogP contribution in [0.3, 0.4) is 0 Å². The van der Waals surface area contributed by atoms with Crippen molar-refractivity contribution in [3.05, 3.63) is 59.8 Å². The highest BCUT2D eigenvalue weighted by Gasteiger charge is 2.09. The molecule has 3 heterocycles. The fourth-order valence-electron chi connectivity index (χ4n) is 2.53. The lowest BCUT2D eigenvalue weighted by Crippen LogP contribution is -2.00. The summed E-state index contributed by atoms with van der Waals surface area (Å²) in [6.45, 7) is 3.64. The maximum absolute atomic E-state index is 13.5. The van der Waals surface area contributed by atoms with Gasteiger partial charge in [-0.2, -0.15) is 5.10 Å². The van der Waals surface area contributed by atoms with Gasteiger partial charge in [0.15, 0.2) is 11.5 Å². The smallest absolute Gasteiger partial charge is 0.161 e. The van der Waals surface area contributed by atoms with Crippen molar-refractivity contribution in [1.29, 1.82) is 0 Å². The molecule has 25 heavy (non-hydrogen) atoms. The summed E-state index contributed by atoms with van der Waals surface area (Å²) in [5, 5.41) is 11.0. The topological polar surface area (TPSA) is 79.4 Å². The number of pyridine rings is 1. The molecule has 0 radical (unpaired) electrons. The van der Waals surface area contributed by atoms with Gasteiger partial charge in [0.1, 0.15) is 11.6 Å². The van der Waals surface area contributed by atoms with E-state index < -0.39 is 0 Å². The zero-order valence-corrected chi connectivity index (χ0v) is 13.7. The lowest BCUT2D eigenvalue weighted by molar-refractivity contribution is 0.618. The molecule has 0 aliphatic rings. The quantitative estimate of drug-likeness (QED) is 0.594. The minimum absolute atomic E-state index is 0.242. The summed E-state index contributed by atoms with van der Waals surface area (Å²) >= 11 is 0. The van der Waals surface area contributed by atoms with Crippen LogP contribution in [-0.4, -0.2) is 25.1 Å². The third kappa shape index (κ3) is 2.91. The van der Waals surface area contributed by atoms with Crippen LogP contribution < -0.4 is 5.32 Å². The fraction of sp³-hybridized carbons (Fsp3) is 0.111. The van der Waals surface area contributed by atoms with Crippen LogP contribution in [0.15, 0.2) is 42.9 Å². The van der Waals surface area contributed by atoms with E-state index in [0.717, 1.165) is 27.8 Å². The molecule has 6 nitrogen and oxygen atoms in total. The first-order valence-electron chi connectivity index (χ1n) is 7.76. The fourth-order valence-corrected chi connectivity index (χ4v) is 2.53. The third-order valence-corrected chi connectivity index (χ3v) is 3.94. The summed E-state index contributed by atoms with van der Waals surface area (Å²) in [7, 11) is 0. The van der Waals surface area contributed by atoms with Gasteiger partial charge in [-0.05, 0) is 43.7 Å². The first-order chi connectivity index (χ1) is 12.1. The SMILES string of the molecule is Cc1cc(-c2ncc(C)c(Nc3cnc4[nH]ncc4c3)n2)ccc1F. The molecule has 0 fully saturated rings. The second kappa shape index (κ2) is 5.94. The average Bonchev–Trinajstić information content (AvgIpc) is 3.07. The van der Waals surface area contributed by atoms with Crippen LogP contribution in [0.5, 0.6) is 0 Å². The molecule has 2 N–H and O–H groups in total. The molecule has 0 aliphatic carbocycles. The molecule has 0 amide bonds. The molecular formula is C18H15FN6. The third-order valence-electron chi connectivity index (χ3n) is 3.94. The summed E-state index contributed by atoms with van der Waals surface area (Å²) in [4.78, 5) is 13.2. The van der Waals surface area contributed by atoms with Crippen LogP contribution in [0.1, 0.15) is 11.1 Å². The van der Waals surface area contributed by atoms with Crippen LogP contribution in [0.4, 0.5) is 15.9 Å². The molecule has 4 aromatic rings. The molecule has 0 unspecified atom stereocenters. The first kappa shape index (κ1) is 15.2. The predicted molar refractivity (Wildman–Crippen MR) is 94.1 cm³/mol. The van der Waals surface area contributed by atoms with E-state index in [-0.39, 0.29) is 5.82 Å². The minimum Gasteiger partial charge on any atom is -0.339 e. The molecule has 0 bridgehead atoms. The molecule has 0 saturated heterocycles. The zero-order chi connectivity index (χ0) is 17.4. The Labute approximate surface area is 143 Å². The maximum Gasteiger partial charge on any atom is 0.161 e. The van der Waals surface area contributed by atoms with Crippen molar-refractivity contribution in [2.45, 2.75) is 13.8 Å². The molecule has 0 aliphatic heterocycles. The highest BCUT2D eigenvalue weighted by Crippen LogP contribution is 2.24. The van der Waals surface area contributed by atoms with E-state index in [0.29, 0.717) is 17.2 Å². The van der Waals surface area contributed by atoms with E-state index in [1.165, 1.54) is 6.07 Å². The monoisotopic (exact) mass is 334 g/mol. The number of benzene rings is 1. The Bertz CT molecular complexity index is 1070. The predicted octanol–water partition coefficient (Wildman–Crippen LogP) is 3.91. The van der Waals surface area contributed by atoms with Crippen LogP contribution in [0.2, 0.25) is 0 Å². The number of H-pyrrole nitrogens is 1. The van der Waals surface area contributed by atoms with Crippen molar-refractivity contribution < 1.29 is 4.39 Å². The van der Waals surface area contributed by atoms with Crippen molar-refractivity contribution in [2.24, 2.45) is 0 Å². The molecule has 1 aromatic carbocycles. The normalized spacial score (nSPS) is 11.0. The number of fused-ring (bicyclic) bond motifs is 1. The molecular weight excluding hydrogens is 319 g/mol. The minimum atomic E-state index is -0.242. The van der Waals surface area contributed by atoms with Crippen molar-refractivity contribution in [2.75, 3.05) is 5.32 Å². The van der Waals surface area contributed by atoms with Gasteiger partial charge in [-0.25, -0.2) is 19.3 Å². The maximum atomic E-state index is 13.5. The highest BCUT2D eigenvalue weighted by molar-refractivity contribution is 5.78. The summed E-state index contributed by atoms with van der Waals surface area (Å²) in [6.07, 6.45) is 5.17. The van der Waals surface area contributed by atoms with E-state index >= 15 is 0 Å². The van der Waals surface area contributed by atoms with Crippen LogP contribution in [0.25, 0.3) is 22.4 Å². The highest BCUT2D eigenvalue weighted by atomic mass is 19.1. The zero-order valence-electron chi connectivity index (χ0n) is 13.7. The van der Waals surface area contributed by atoms with Crippen LogP contribution >= 0.6 is 0 Å². The number of nitrogens with one attached hydrogen (secondary N) is 2. The molecule has 124 valence electrons. The van der Waals surface area contributed by atoms with E-state index in [1.807, 2.05) is 13.0 Å². The number of aromatic amines is 1. The first-order valence-corrected chi connectivity index (χ1v) is 7.76. The summed E-state index contributed by atoms with van der Waals surface area (Å²) in [5.41, 5.74) is 3.76. The molecule has 0 saturated carbocycles. The Morgan fingerprint density at radius 3 is 2.72 bits per heavy atom. The van der Waals surface area contributed by atoms with Crippen molar-refractivity contribution in [3.8, 4) is 11.4 Å². The number of halogens is 1. The summed E-state index contributed by atoms with van der Waals surface area (Å²) in [5.74, 6) is 0.971. The lowest BCUT2D eigenvalue weighted by atomic mass is 10.1. The number of nitrogens with zero attached hydrogens (tertiary/aromatic N) is 4. The molecule has 0 atom stereocenters. The van der Waals surface area contributed by atoms with Gasteiger partial charge in [-0.15, -0.1) is 0 Å². The van der Waals surface area contributed by atoms with Crippen molar-refractivity contribution in [1.82, 2.24) is 25.1 Å². The Balaban J connectivity index is 1.70. The number of hydrogen-bond donors (Lipinski definition) is 2. The molecule has 3 aromatic heterocycles. The standard InChI is InChI=1S/C18H15FN6/c1-10-5-12(3-4-15(10)19)17-20-7-11(2)16(24-17)23-14-6-13-8-22-25-18(13)21-9-14/h3-9H,1-2H3,(H,20,23,24)(H,21,22,25). The Morgan fingerprint density at radius 1 is 1.00 bits per heavy atom. The van der Waals surface area contributed by atoms with E-state index in [9.17, 15) is 4.39 Å². The van der Waals surface area contributed by atoms with Gasteiger partial charge in [0.2, 0.25) is 0 Å². The van der Waals surface area contributed by atoms with Crippen LogP contribution in [-0.2, 0) is 0 Å². The Morgan fingerprint density at radius 2 is 1.88 bits per heavy atom. The van der Waals surface area contributed by atoms with E-state index in [1.54, 1.807) is 37.6 Å². The second-order valence-corrected chi connectivity index (χ2v) is 5.85. The number of rotatable bonds is 3.